The standard InChI is InChI=1S/C13H14N2O4/c1-13(2,12(18)19)11(17)15-9-4-3-8(14)5-7(9)6-10(15)16/h3-5H,6,14H2,1-2H3,(H,18,19). The van der Waals surface area contributed by atoms with Crippen molar-refractivity contribution in [3.8, 4) is 0 Å². The number of nitrogens with two attached hydrogens (primary N) is 1. The minimum atomic E-state index is -1.65. The van der Waals surface area contributed by atoms with Crippen LogP contribution in [0.2, 0.25) is 0 Å². The molecule has 0 saturated heterocycles. The van der Waals surface area contributed by atoms with Gasteiger partial charge in [-0.05, 0) is 37.6 Å². The maximum absolute atomic E-state index is 12.3. The van der Waals surface area contributed by atoms with Gasteiger partial charge in [0.15, 0.2) is 0 Å². The van der Waals surface area contributed by atoms with E-state index in [0.717, 1.165) is 4.90 Å². The van der Waals surface area contributed by atoms with Gasteiger partial charge in [0.05, 0.1) is 12.1 Å². The third-order valence-corrected chi connectivity index (χ3v) is 3.21. The van der Waals surface area contributed by atoms with Crippen molar-refractivity contribution in [2.45, 2.75) is 20.3 Å². The van der Waals surface area contributed by atoms with Crippen LogP contribution in [0.4, 0.5) is 11.4 Å². The molecule has 6 heteroatoms. The number of carbonyl (C=O) groups excluding carboxylic acids is 2. The van der Waals surface area contributed by atoms with Gasteiger partial charge >= 0.3 is 5.97 Å². The summed E-state index contributed by atoms with van der Waals surface area (Å²) in [5, 5.41) is 9.07. The molecule has 3 N–H and O–H groups in total. The molecule has 6 nitrogen and oxygen atoms in total. The Morgan fingerprint density at radius 1 is 1.37 bits per heavy atom. The van der Waals surface area contributed by atoms with E-state index in [0.29, 0.717) is 16.9 Å². The lowest BCUT2D eigenvalue weighted by Gasteiger charge is -2.24. The van der Waals surface area contributed by atoms with Crippen molar-refractivity contribution in [2.75, 3.05) is 10.6 Å². The topological polar surface area (TPSA) is 101 Å². The fourth-order valence-corrected chi connectivity index (χ4v) is 1.94. The van der Waals surface area contributed by atoms with Crippen LogP contribution in [0.25, 0.3) is 0 Å². The van der Waals surface area contributed by atoms with Crippen molar-refractivity contribution >= 4 is 29.2 Å². The summed E-state index contributed by atoms with van der Waals surface area (Å²) in [5.41, 5.74) is 5.52. The van der Waals surface area contributed by atoms with Gasteiger partial charge in [0.2, 0.25) is 5.91 Å². The molecule has 1 aliphatic rings. The van der Waals surface area contributed by atoms with Crippen molar-refractivity contribution in [1.29, 1.82) is 0 Å². The van der Waals surface area contributed by atoms with Crippen LogP contribution in [0.1, 0.15) is 19.4 Å². The molecule has 0 unspecified atom stereocenters. The van der Waals surface area contributed by atoms with E-state index in [1.54, 1.807) is 18.2 Å². The average Bonchev–Trinajstić information content (AvgIpc) is 2.62. The number of imide groups is 1. The number of carbonyl (C=O) groups is 3. The number of carboxylic acid groups (broad SMARTS) is 1. The van der Waals surface area contributed by atoms with Gasteiger partial charge < -0.3 is 10.8 Å². The second-order valence-electron chi connectivity index (χ2n) is 5.03. The Labute approximate surface area is 109 Å². The zero-order valence-corrected chi connectivity index (χ0v) is 10.6. The van der Waals surface area contributed by atoms with Gasteiger partial charge in [-0.2, -0.15) is 0 Å². The predicted octanol–water partition coefficient (Wildman–Crippen LogP) is 0.795. The molecule has 100 valence electrons. The highest BCUT2D eigenvalue weighted by Gasteiger charge is 2.44. The van der Waals surface area contributed by atoms with Crippen LogP contribution in [0, 0.1) is 5.41 Å². The molecule has 1 aromatic carbocycles. The first-order chi connectivity index (χ1) is 8.75. The molecule has 1 aliphatic heterocycles. The van der Waals surface area contributed by atoms with E-state index in [2.05, 4.69) is 0 Å². The Kier molecular flexibility index (Phi) is 2.81. The van der Waals surface area contributed by atoms with Crippen LogP contribution < -0.4 is 10.6 Å². The highest BCUT2D eigenvalue weighted by atomic mass is 16.4. The Morgan fingerprint density at radius 2 is 2.00 bits per heavy atom. The van der Waals surface area contributed by atoms with E-state index in [1.165, 1.54) is 13.8 Å². The number of nitrogen functional groups attached to an aromatic ring is 1. The maximum Gasteiger partial charge on any atom is 0.318 e. The summed E-state index contributed by atoms with van der Waals surface area (Å²) in [7, 11) is 0. The van der Waals surface area contributed by atoms with E-state index in [1.807, 2.05) is 0 Å². The summed E-state index contributed by atoms with van der Waals surface area (Å²) in [6, 6.07) is 4.76. The SMILES string of the molecule is CC(C)(C(=O)O)C(=O)N1C(=O)Cc2cc(N)ccc21. The molecule has 0 spiro atoms. The van der Waals surface area contributed by atoms with E-state index in [-0.39, 0.29) is 6.42 Å². The lowest BCUT2D eigenvalue weighted by molar-refractivity contribution is -0.152. The van der Waals surface area contributed by atoms with Crippen LogP contribution in [0.5, 0.6) is 0 Å². The van der Waals surface area contributed by atoms with E-state index >= 15 is 0 Å². The third-order valence-electron chi connectivity index (χ3n) is 3.21. The molecule has 0 aliphatic carbocycles. The minimum absolute atomic E-state index is 0.0574. The average molecular weight is 262 g/mol. The molecule has 19 heavy (non-hydrogen) atoms. The number of amides is 2. The Bertz CT molecular complexity index is 592. The van der Waals surface area contributed by atoms with Crippen molar-refractivity contribution in [3.05, 3.63) is 23.8 Å². The number of anilines is 2. The normalized spacial score (nSPS) is 14.4. The molecule has 0 aromatic heterocycles. The molecule has 1 heterocycles. The van der Waals surface area contributed by atoms with Crippen molar-refractivity contribution < 1.29 is 19.5 Å². The van der Waals surface area contributed by atoms with Crippen LogP contribution in [0.3, 0.4) is 0 Å². The van der Waals surface area contributed by atoms with Crippen molar-refractivity contribution in [2.24, 2.45) is 5.41 Å². The number of carboxylic acids is 1. The molecule has 0 fully saturated rings. The molecule has 0 atom stereocenters. The molecule has 1 aromatic rings. The number of rotatable bonds is 2. The fraction of sp³-hybridized carbons (Fsp3) is 0.308. The van der Waals surface area contributed by atoms with Gasteiger partial charge in [0.25, 0.3) is 5.91 Å². The largest absolute Gasteiger partial charge is 0.480 e. The summed E-state index contributed by atoms with van der Waals surface area (Å²) >= 11 is 0. The molecule has 0 radical (unpaired) electrons. The van der Waals surface area contributed by atoms with Crippen LogP contribution in [0.15, 0.2) is 18.2 Å². The summed E-state index contributed by atoms with van der Waals surface area (Å²) in [5.74, 6) is -2.44. The van der Waals surface area contributed by atoms with Crippen LogP contribution in [-0.4, -0.2) is 22.9 Å². The predicted molar refractivity (Wildman–Crippen MR) is 68.5 cm³/mol. The molecular formula is C13H14N2O4. The number of benzene rings is 1. The van der Waals surface area contributed by atoms with E-state index < -0.39 is 23.2 Å². The lowest BCUT2D eigenvalue weighted by Crippen LogP contribution is -2.46. The highest BCUT2D eigenvalue weighted by Crippen LogP contribution is 2.34. The summed E-state index contributed by atoms with van der Waals surface area (Å²) in [6.45, 7) is 2.56. The van der Waals surface area contributed by atoms with Crippen molar-refractivity contribution in [1.82, 2.24) is 0 Å². The zero-order valence-electron chi connectivity index (χ0n) is 10.6. The Balaban J connectivity index is 2.46. The van der Waals surface area contributed by atoms with Crippen LogP contribution >= 0.6 is 0 Å². The number of hydrogen-bond donors (Lipinski definition) is 2. The fourth-order valence-electron chi connectivity index (χ4n) is 1.94. The number of aliphatic carboxylic acids is 1. The van der Waals surface area contributed by atoms with E-state index in [4.69, 9.17) is 10.8 Å². The van der Waals surface area contributed by atoms with Gasteiger partial charge in [-0.25, -0.2) is 4.90 Å². The van der Waals surface area contributed by atoms with Gasteiger partial charge in [-0.15, -0.1) is 0 Å². The molecule has 2 rings (SSSR count). The Morgan fingerprint density at radius 3 is 2.58 bits per heavy atom. The molecule has 0 bridgehead atoms. The maximum atomic E-state index is 12.3. The first-order valence-corrected chi connectivity index (χ1v) is 5.74. The first-order valence-electron chi connectivity index (χ1n) is 5.74. The number of nitrogens with zero attached hydrogens (tertiary/aromatic N) is 1. The van der Waals surface area contributed by atoms with Gasteiger partial charge in [0.1, 0.15) is 5.41 Å². The smallest absolute Gasteiger partial charge is 0.318 e. The van der Waals surface area contributed by atoms with Gasteiger partial charge in [-0.3, -0.25) is 14.4 Å². The van der Waals surface area contributed by atoms with E-state index in [9.17, 15) is 14.4 Å². The summed E-state index contributed by atoms with van der Waals surface area (Å²) in [4.78, 5) is 36.2. The lowest BCUT2D eigenvalue weighted by atomic mass is 9.92. The second-order valence-corrected chi connectivity index (χ2v) is 5.03. The van der Waals surface area contributed by atoms with Gasteiger partial charge in [-0.1, -0.05) is 0 Å². The van der Waals surface area contributed by atoms with Crippen molar-refractivity contribution in [3.63, 3.8) is 0 Å². The minimum Gasteiger partial charge on any atom is -0.480 e. The Hall–Kier alpha value is -2.37. The summed E-state index contributed by atoms with van der Waals surface area (Å²) in [6.07, 6.45) is 0.0574. The third kappa shape index (κ3) is 1.95. The zero-order chi connectivity index (χ0) is 14.4. The quantitative estimate of drug-likeness (QED) is 0.606. The summed E-state index contributed by atoms with van der Waals surface area (Å²) < 4.78 is 0. The number of fused-ring (bicyclic) bond motifs is 1. The van der Waals surface area contributed by atoms with Gasteiger partial charge in [0, 0.05) is 5.69 Å². The van der Waals surface area contributed by atoms with Crippen LogP contribution in [-0.2, 0) is 20.8 Å². The molecular weight excluding hydrogens is 248 g/mol. The first kappa shape index (κ1) is 13.1. The second kappa shape index (κ2) is 4.08. The monoisotopic (exact) mass is 262 g/mol. The molecule has 2 amide bonds. The highest BCUT2D eigenvalue weighted by molar-refractivity contribution is 6.24. The molecule has 0 saturated carbocycles. The number of hydrogen-bond acceptors (Lipinski definition) is 4.